The first-order valence-corrected chi connectivity index (χ1v) is 4.94. The molecule has 0 spiro atoms. The van der Waals surface area contributed by atoms with Gasteiger partial charge in [-0.05, 0) is 20.3 Å². The number of hydrogen-bond acceptors (Lipinski definition) is 2. The molecule has 1 aromatic rings. The number of nitrogens with two attached hydrogens (primary N) is 1. The molecule has 3 nitrogen and oxygen atoms in total. The molecule has 1 aromatic heterocycles. The molecular formula is C11H17N3. The SMILES string of the molecule is CCCn1cc(C#CC(C)N)c(C)n1. The van der Waals surface area contributed by atoms with Gasteiger partial charge in [0.25, 0.3) is 0 Å². The molecular weight excluding hydrogens is 174 g/mol. The Bertz CT molecular complexity index is 352. The van der Waals surface area contributed by atoms with Crippen LogP contribution in [0.4, 0.5) is 0 Å². The van der Waals surface area contributed by atoms with Gasteiger partial charge in [-0.2, -0.15) is 5.10 Å². The summed E-state index contributed by atoms with van der Waals surface area (Å²) in [6.45, 7) is 6.92. The minimum absolute atomic E-state index is 0.0797. The Hall–Kier alpha value is -1.27. The van der Waals surface area contributed by atoms with Crippen molar-refractivity contribution in [3.8, 4) is 11.8 Å². The van der Waals surface area contributed by atoms with Crippen molar-refractivity contribution in [2.75, 3.05) is 0 Å². The fourth-order valence-electron chi connectivity index (χ4n) is 1.18. The van der Waals surface area contributed by atoms with Crippen LogP contribution >= 0.6 is 0 Å². The second-order valence-electron chi connectivity index (χ2n) is 3.45. The molecule has 1 rings (SSSR count). The van der Waals surface area contributed by atoms with E-state index in [9.17, 15) is 0 Å². The van der Waals surface area contributed by atoms with Crippen LogP contribution in [0, 0.1) is 18.8 Å². The van der Waals surface area contributed by atoms with Gasteiger partial charge in [0.1, 0.15) is 0 Å². The Kier molecular flexibility index (Phi) is 3.73. The van der Waals surface area contributed by atoms with Crippen LogP contribution in [0.15, 0.2) is 6.20 Å². The number of nitrogens with zero attached hydrogens (tertiary/aromatic N) is 2. The third kappa shape index (κ3) is 2.90. The molecule has 0 fully saturated rings. The highest BCUT2D eigenvalue weighted by molar-refractivity contribution is 5.36. The Balaban J connectivity index is 2.84. The molecule has 0 aromatic carbocycles. The summed E-state index contributed by atoms with van der Waals surface area (Å²) in [5, 5.41) is 4.35. The summed E-state index contributed by atoms with van der Waals surface area (Å²) in [5.41, 5.74) is 7.52. The summed E-state index contributed by atoms with van der Waals surface area (Å²) < 4.78 is 1.93. The number of aromatic nitrogens is 2. The lowest BCUT2D eigenvalue weighted by molar-refractivity contribution is 0.598. The molecule has 0 saturated heterocycles. The zero-order chi connectivity index (χ0) is 10.6. The lowest BCUT2D eigenvalue weighted by atomic mass is 10.2. The van der Waals surface area contributed by atoms with Crippen LogP contribution in [0.2, 0.25) is 0 Å². The lowest BCUT2D eigenvalue weighted by Gasteiger charge is -1.93. The Morgan fingerprint density at radius 1 is 1.64 bits per heavy atom. The summed E-state index contributed by atoms with van der Waals surface area (Å²) in [6.07, 6.45) is 3.06. The molecule has 1 unspecified atom stereocenters. The van der Waals surface area contributed by atoms with Crippen molar-refractivity contribution in [2.24, 2.45) is 5.73 Å². The van der Waals surface area contributed by atoms with Gasteiger partial charge >= 0.3 is 0 Å². The average molecular weight is 191 g/mol. The highest BCUT2D eigenvalue weighted by Gasteiger charge is 2.00. The van der Waals surface area contributed by atoms with Crippen LogP contribution < -0.4 is 5.73 Å². The molecule has 0 saturated carbocycles. The van der Waals surface area contributed by atoms with E-state index in [1.54, 1.807) is 0 Å². The molecule has 2 N–H and O–H groups in total. The predicted octanol–water partition coefficient (Wildman–Crippen LogP) is 1.30. The van der Waals surface area contributed by atoms with Gasteiger partial charge in [-0.25, -0.2) is 0 Å². The summed E-state index contributed by atoms with van der Waals surface area (Å²) in [4.78, 5) is 0. The van der Waals surface area contributed by atoms with Crippen molar-refractivity contribution in [1.82, 2.24) is 9.78 Å². The standard InChI is InChI=1S/C11H17N3/c1-4-7-14-8-11(10(3)13-14)6-5-9(2)12/h8-9H,4,7,12H2,1-3H3. The van der Waals surface area contributed by atoms with Crippen LogP contribution in [0.3, 0.4) is 0 Å². The Labute approximate surface area is 85.3 Å². The van der Waals surface area contributed by atoms with Crippen LogP contribution in [0.25, 0.3) is 0 Å². The van der Waals surface area contributed by atoms with E-state index in [-0.39, 0.29) is 6.04 Å². The van der Waals surface area contributed by atoms with Crippen LogP contribution in [0.1, 0.15) is 31.5 Å². The summed E-state index contributed by atoms with van der Waals surface area (Å²) >= 11 is 0. The smallest absolute Gasteiger partial charge is 0.0750 e. The molecule has 0 amide bonds. The highest BCUT2D eigenvalue weighted by atomic mass is 15.3. The molecule has 0 bridgehead atoms. The Morgan fingerprint density at radius 2 is 2.36 bits per heavy atom. The fourth-order valence-corrected chi connectivity index (χ4v) is 1.18. The van der Waals surface area contributed by atoms with Gasteiger partial charge in [0.2, 0.25) is 0 Å². The zero-order valence-electron chi connectivity index (χ0n) is 9.04. The summed E-state index contributed by atoms with van der Waals surface area (Å²) in [7, 11) is 0. The van der Waals surface area contributed by atoms with E-state index >= 15 is 0 Å². The van der Waals surface area contributed by atoms with Gasteiger partial charge in [0.05, 0.1) is 17.3 Å². The van der Waals surface area contributed by atoms with Gasteiger partial charge in [-0.15, -0.1) is 0 Å². The van der Waals surface area contributed by atoms with E-state index in [4.69, 9.17) is 5.73 Å². The largest absolute Gasteiger partial charge is 0.318 e. The van der Waals surface area contributed by atoms with E-state index in [2.05, 4.69) is 23.9 Å². The quantitative estimate of drug-likeness (QED) is 0.716. The van der Waals surface area contributed by atoms with Crippen molar-refractivity contribution in [3.63, 3.8) is 0 Å². The average Bonchev–Trinajstić information content (AvgIpc) is 2.44. The van der Waals surface area contributed by atoms with E-state index in [1.165, 1.54) is 0 Å². The van der Waals surface area contributed by atoms with Crippen molar-refractivity contribution in [2.45, 2.75) is 39.8 Å². The summed E-state index contributed by atoms with van der Waals surface area (Å²) in [5.74, 6) is 5.97. The number of hydrogen-bond donors (Lipinski definition) is 1. The molecule has 14 heavy (non-hydrogen) atoms. The molecule has 76 valence electrons. The molecule has 0 aliphatic carbocycles. The number of rotatable bonds is 2. The van der Waals surface area contributed by atoms with Gasteiger partial charge in [-0.3, -0.25) is 4.68 Å². The third-order valence-corrected chi connectivity index (χ3v) is 1.83. The molecule has 1 heterocycles. The summed E-state index contributed by atoms with van der Waals surface area (Å²) in [6, 6.07) is -0.0797. The van der Waals surface area contributed by atoms with Crippen molar-refractivity contribution < 1.29 is 0 Å². The van der Waals surface area contributed by atoms with Gasteiger partial charge in [0, 0.05) is 12.7 Å². The first-order chi connectivity index (χ1) is 6.63. The molecule has 0 radical (unpaired) electrons. The fraction of sp³-hybridized carbons (Fsp3) is 0.545. The molecule has 3 heteroatoms. The minimum atomic E-state index is -0.0797. The van der Waals surface area contributed by atoms with E-state index in [0.29, 0.717) is 0 Å². The van der Waals surface area contributed by atoms with Crippen LogP contribution in [0.5, 0.6) is 0 Å². The van der Waals surface area contributed by atoms with E-state index in [1.807, 2.05) is 24.7 Å². The van der Waals surface area contributed by atoms with Crippen molar-refractivity contribution >= 4 is 0 Å². The van der Waals surface area contributed by atoms with Gasteiger partial charge < -0.3 is 5.73 Å². The predicted molar refractivity (Wildman–Crippen MR) is 57.8 cm³/mol. The number of aryl methyl sites for hydroxylation is 2. The maximum absolute atomic E-state index is 5.55. The molecule has 1 atom stereocenters. The maximum atomic E-state index is 5.55. The maximum Gasteiger partial charge on any atom is 0.0750 e. The van der Waals surface area contributed by atoms with Crippen molar-refractivity contribution in [1.29, 1.82) is 0 Å². The first-order valence-electron chi connectivity index (χ1n) is 4.94. The topological polar surface area (TPSA) is 43.8 Å². The van der Waals surface area contributed by atoms with Crippen LogP contribution in [-0.2, 0) is 6.54 Å². The third-order valence-electron chi connectivity index (χ3n) is 1.83. The molecule has 0 aliphatic rings. The lowest BCUT2D eigenvalue weighted by Crippen LogP contribution is -2.10. The highest BCUT2D eigenvalue weighted by Crippen LogP contribution is 2.04. The van der Waals surface area contributed by atoms with Crippen molar-refractivity contribution in [3.05, 3.63) is 17.5 Å². The molecule has 0 aliphatic heterocycles. The first kappa shape index (κ1) is 10.8. The Morgan fingerprint density at radius 3 is 2.93 bits per heavy atom. The van der Waals surface area contributed by atoms with Gasteiger partial charge in [0.15, 0.2) is 0 Å². The van der Waals surface area contributed by atoms with Gasteiger partial charge in [-0.1, -0.05) is 18.8 Å². The van der Waals surface area contributed by atoms with E-state index in [0.717, 1.165) is 24.2 Å². The minimum Gasteiger partial charge on any atom is -0.318 e. The monoisotopic (exact) mass is 191 g/mol. The second kappa shape index (κ2) is 4.83. The normalized spacial score (nSPS) is 12.0. The zero-order valence-corrected chi connectivity index (χ0v) is 9.04. The van der Waals surface area contributed by atoms with Crippen LogP contribution in [-0.4, -0.2) is 15.8 Å². The second-order valence-corrected chi connectivity index (χ2v) is 3.45. The van der Waals surface area contributed by atoms with E-state index < -0.39 is 0 Å².